The van der Waals surface area contributed by atoms with Gasteiger partial charge in [0.25, 0.3) is 0 Å². The lowest BCUT2D eigenvalue weighted by Crippen LogP contribution is -2.31. The highest BCUT2D eigenvalue weighted by atomic mass is 19.4. The van der Waals surface area contributed by atoms with Crippen LogP contribution >= 0.6 is 0 Å². The van der Waals surface area contributed by atoms with Crippen molar-refractivity contribution in [3.05, 3.63) is 89.9 Å². The van der Waals surface area contributed by atoms with Gasteiger partial charge in [0.05, 0.1) is 24.0 Å². The number of H-pyrrole nitrogens is 1. The van der Waals surface area contributed by atoms with Crippen LogP contribution in [0.2, 0.25) is 0 Å². The van der Waals surface area contributed by atoms with Crippen LogP contribution in [0.1, 0.15) is 5.56 Å². The van der Waals surface area contributed by atoms with E-state index in [1.54, 1.807) is 30.3 Å². The molecule has 0 radical (unpaired) electrons. The Labute approximate surface area is 228 Å². The predicted molar refractivity (Wildman–Crippen MR) is 141 cm³/mol. The summed E-state index contributed by atoms with van der Waals surface area (Å²) in [4.78, 5) is 26.8. The standard InChI is InChI=1S/C26H20F3N7O5/c1-40-25(38)34-23-32-20-14-18(8-10-22(20)36(23)39)41-17-6-4-16(5-7-17)31-24(37)33-19-13-15(26(27,28)29)3-9-21(19)35-12-2-11-30-35/h2-14,32H,1H3,(H,34,38)(H2,31,33,37). The summed E-state index contributed by atoms with van der Waals surface area (Å²) in [5.41, 5.74) is 0.215. The number of alkyl halides is 3. The second-order valence-corrected chi connectivity index (χ2v) is 8.45. The summed E-state index contributed by atoms with van der Waals surface area (Å²) in [6.45, 7) is 0. The molecule has 0 aliphatic carbocycles. The molecule has 0 aliphatic heterocycles. The SMILES string of the molecule is COC(=O)Nc1[nH]c2cc(Oc3ccc(NC(=O)Nc4cc(C(F)(F)F)ccc4-n4cccn4)cc3)ccc2[n+]1[O-]. The van der Waals surface area contributed by atoms with Crippen molar-refractivity contribution in [1.82, 2.24) is 14.8 Å². The van der Waals surface area contributed by atoms with Crippen molar-refractivity contribution in [3.8, 4) is 17.2 Å². The number of amides is 3. The fourth-order valence-corrected chi connectivity index (χ4v) is 3.84. The predicted octanol–water partition coefficient (Wildman–Crippen LogP) is 5.62. The Morgan fingerprint density at radius 1 is 1.00 bits per heavy atom. The van der Waals surface area contributed by atoms with Crippen LogP contribution in [0.5, 0.6) is 11.5 Å². The summed E-state index contributed by atoms with van der Waals surface area (Å²) >= 11 is 0. The normalized spacial score (nSPS) is 11.2. The van der Waals surface area contributed by atoms with Gasteiger partial charge in [0, 0.05) is 24.1 Å². The third-order valence-electron chi connectivity index (χ3n) is 5.72. The number of ether oxygens (including phenoxy) is 2. The first-order chi connectivity index (χ1) is 19.6. The molecule has 4 N–H and O–H groups in total. The highest BCUT2D eigenvalue weighted by Crippen LogP contribution is 2.33. The first kappa shape index (κ1) is 26.9. The van der Waals surface area contributed by atoms with Gasteiger partial charge in [0.2, 0.25) is 0 Å². The van der Waals surface area contributed by atoms with Crippen LogP contribution in [-0.2, 0) is 10.9 Å². The molecule has 210 valence electrons. The van der Waals surface area contributed by atoms with Gasteiger partial charge in [-0.1, -0.05) is 0 Å². The van der Waals surface area contributed by atoms with Crippen molar-refractivity contribution < 1.29 is 37.0 Å². The Kier molecular flexibility index (Phi) is 7.07. The van der Waals surface area contributed by atoms with Gasteiger partial charge in [-0.2, -0.15) is 23.6 Å². The third-order valence-corrected chi connectivity index (χ3v) is 5.72. The maximum absolute atomic E-state index is 13.3. The number of carbonyl (C=O) groups is 2. The first-order valence-electron chi connectivity index (χ1n) is 11.8. The number of benzene rings is 3. The lowest BCUT2D eigenvalue weighted by Gasteiger charge is -2.15. The minimum atomic E-state index is -4.60. The van der Waals surface area contributed by atoms with Gasteiger partial charge in [-0.05, 0) is 60.7 Å². The quantitative estimate of drug-likeness (QED) is 0.155. The second-order valence-electron chi connectivity index (χ2n) is 8.45. The minimum Gasteiger partial charge on any atom is -0.740 e. The minimum absolute atomic E-state index is 0.0926. The average Bonchev–Trinajstić information content (AvgIpc) is 3.57. The topological polar surface area (TPSA) is 149 Å². The molecule has 5 aromatic rings. The molecule has 0 saturated carbocycles. The Hall–Kier alpha value is -5.73. The smallest absolute Gasteiger partial charge is 0.476 e. The van der Waals surface area contributed by atoms with Gasteiger partial charge < -0.3 is 25.3 Å². The number of nitrogens with zero attached hydrogens (tertiary/aromatic N) is 3. The highest BCUT2D eigenvalue weighted by molar-refractivity contribution is 6.01. The van der Waals surface area contributed by atoms with Gasteiger partial charge in [-0.25, -0.2) is 24.0 Å². The maximum Gasteiger partial charge on any atom is 0.476 e. The van der Waals surface area contributed by atoms with Crippen molar-refractivity contribution in [3.63, 3.8) is 0 Å². The van der Waals surface area contributed by atoms with E-state index >= 15 is 0 Å². The van der Waals surface area contributed by atoms with E-state index in [0.717, 1.165) is 12.1 Å². The summed E-state index contributed by atoms with van der Waals surface area (Å²) in [6, 6.07) is 14.6. The molecule has 3 aromatic carbocycles. The third kappa shape index (κ3) is 5.98. The van der Waals surface area contributed by atoms with Crippen LogP contribution in [0.4, 0.5) is 40.1 Å². The fourth-order valence-electron chi connectivity index (χ4n) is 3.84. The molecule has 0 bridgehead atoms. The molecular formula is C26H20F3N7O5. The summed E-state index contributed by atoms with van der Waals surface area (Å²) in [6.07, 6.45) is -2.42. The zero-order valence-corrected chi connectivity index (χ0v) is 21.0. The van der Waals surface area contributed by atoms with E-state index in [9.17, 15) is 28.0 Å². The molecule has 0 fully saturated rings. The lowest BCUT2D eigenvalue weighted by atomic mass is 10.1. The number of urea groups is 1. The number of rotatable bonds is 6. The van der Waals surface area contributed by atoms with Crippen LogP contribution in [-0.4, -0.2) is 34.0 Å². The van der Waals surface area contributed by atoms with E-state index in [0.29, 0.717) is 27.4 Å². The lowest BCUT2D eigenvalue weighted by molar-refractivity contribution is -0.560. The van der Waals surface area contributed by atoms with Gasteiger partial charge in [0.1, 0.15) is 22.5 Å². The van der Waals surface area contributed by atoms with E-state index in [4.69, 9.17) is 4.74 Å². The van der Waals surface area contributed by atoms with Crippen LogP contribution in [0.15, 0.2) is 79.1 Å². The van der Waals surface area contributed by atoms with E-state index in [2.05, 4.69) is 30.8 Å². The molecule has 15 heteroatoms. The highest BCUT2D eigenvalue weighted by Gasteiger charge is 2.31. The zero-order chi connectivity index (χ0) is 29.1. The molecule has 41 heavy (non-hydrogen) atoms. The number of carbonyl (C=O) groups excluding carboxylic acids is 2. The van der Waals surface area contributed by atoms with E-state index in [-0.39, 0.29) is 22.8 Å². The fraction of sp³-hybridized carbons (Fsp3) is 0.0769. The Morgan fingerprint density at radius 3 is 2.44 bits per heavy atom. The van der Waals surface area contributed by atoms with E-state index < -0.39 is 23.9 Å². The van der Waals surface area contributed by atoms with Crippen LogP contribution in [0.25, 0.3) is 16.7 Å². The van der Waals surface area contributed by atoms with Crippen molar-refractivity contribution in [2.75, 3.05) is 23.1 Å². The average molecular weight is 567 g/mol. The number of anilines is 3. The van der Waals surface area contributed by atoms with Gasteiger partial charge >= 0.3 is 24.2 Å². The van der Waals surface area contributed by atoms with Crippen molar-refractivity contribution in [2.45, 2.75) is 6.18 Å². The first-order valence-corrected chi connectivity index (χ1v) is 11.8. The summed E-state index contributed by atoms with van der Waals surface area (Å²) in [7, 11) is 1.17. The molecule has 0 unspecified atom stereocenters. The molecule has 0 aliphatic rings. The number of hydrogen-bond acceptors (Lipinski definition) is 6. The molecule has 12 nitrogen and oxygen atoms in total. The molecule has 2 heterocycles. The molecule has 3 amide bonds. The number of hydrogen-bond donors (Lipinski definition) is 4. The zero-order valence-electron chi connectivity index (χ0n) is 21.0. The molecule has 2 aromatic heterocycles. The van der Waals surface area contributed by atoms with Crippen LogP contribution in [0.3, 0.4) is 0 Å². The Bertz CT molecular complexity index is 1720. The molecule has 0 saturated heterocycles. The number of aromatic nitrogens is 4. The number of imidazole rings is 1. The molecular weight excluding hydrogens is 547 g/mol. The number of nitrogens with one attached hydrogen (secondary N) is 4. The Balaban J connectivity index is 1.27. The van der Waals surface area contributed by atoms with Gasteiger partial charge in [0.15, 0.2) is 0 Å². The van der Waals surface area contributed by atoms with Crippen molar-refractivity contribution >= 4 is 40.5 Å². The van der Waals surface area contributed by atoms with Crippen LogP contribution < -0.4 is 25.4 Å². The second kappa shape index (κ2) is 10.8. The molecule has 5 rings (SSSR count). The van der Waals surface area contributed by atoms with Gasteiger partial charge in [-0.3, -0.25) is 0 Å². The van der Waals surface area contributed by atoms with E-state index in [1.165, 1.54) is 48.5 Å². The summed E-state index contributed by atoms with van der Waals surface area (Å²) in [5, 5.41) is 23.6. The van der Waals surface area contributed by atoms with E-state index in [1.807, 2.05) is 0 Å². The number of methoxy groups -OCH3 is 1. The van der Waals surface area contributed by atoms with Crippen LogP contribution in [0, 0.1) is 5.21 Å². The van der Waals surface area contributed by atoms with Gasteiger partial charge in [-0.15, -0.1) is 0 Å². The largest absolute Gasteiger partial charge is 0.740 e. The molecule has 0 atom stereocenters. The van der Waals surface area contributed by atoms with Crippen molar-refractivity contribution in [1.29, 1.82) is 0 Å². The van der Waals surface area contributed by atoms with Crippen molar-refractivity contribution in [2.24, 2.45) is 0 Å². The number of halogens is 3. The number of fused-ring (bicyclic) bond motifs is 1. The number of aromatic amines is 1. The summed E-state index contributed by atoms with van der Waals surface area (Å²) < 4.78 is 52.0. The summed E-state index contributed by atoms with van der Waals surface area (Å²) in [5.74, 6) is 0.640. The maximum atomic E-state index is 13.3. The molecule has 0 spiro atoms. The monoisotopic (exact) mass is 567 g/mol. The Morgan fingerprint density at radius 2 is 1.76 bits per heavy atom.